The number of nitrogens with one attached hydrogen (secondary N) is 1. The molecule has 0 heterocycles. The standard InChI is InChI=1S/C16H23NO4/c1-11(15(19)17-10-14(18)20-5)21-13-8-6-12(7-9-13)16(2,3)4/h6-9,11H,10H2,1-5H3,(H,17,19)/t11-/m1/s1. The summed E-state index contributed by atoms with van der Waals surface area (Å²) in [5, 5.41) is 2.45. The molecular formula is C16H23NO4. The Bertz CT molecular complexity index is 488. The van der Waals surface area contributed by atoms with E-state index in [9.17, 15) is 9.59 Å². The molecule has 116 valence electrons. The van der Waals surface area contributed by atoms with E-state index in [0.29, 0.717) is 5.75 Å². The van der Waals surface area contributed by atoms with Gasteiger partial charge in [-0.25, -0.2) is 0 Å². The van der Waals surface area contributed by atoms with Gasteiger partial charge in [0, 0.05) is 0 Å². The Kier molecular flexibility index (Phi) is 5.76. The van der Waals surface area contributed by atoms with E-state index in [4.69, 9.17) is 4.74 Å². The molecule has 0 aliphatic rings. The van der Waals surface area contributed by atoms with Crippen molar-refractivity contribution in [2.45, 2.75) is 39.2 Å². The molecular weight excluding hydrogens is 270 g/mol. The fraction of sp³-hybridized carbons (Fsp3) is 0.500. The van der Waals surface area contributed by atoms with Crippen molar-refractivity contribution >= 4 is 11.9 Å². The minimum absolute atomic E-state index is 0.0715. The van der Waals surface area contributed by atoms with E-state index >= 15 is 0 Å². The van der Waals surface area contributed by atoms with E-state index in [2.05, 4.69) is 30.8 Å². The molecule has 0 aliphatic heterocycles. The van der Waals surface area contributed by atoms with Crippen molar-refractivity contribution in [2.24, 2.45) is 0 Å². The van der Waals surface area contributed by atoms with Gasteiger partial charge >= 0.3 is 5.97 Å². The van der Waals surface area contributed by atoms with Gasteiger partial charge in [-0.1, -0.05) is 32.9 Å². The quantitative estimate of drug-likeness (QED) is 0.844. The summed E-state index contributed by atoms with van der Waals surface area (Å²) >= 11 is 0. The zero-order valence-corrected chi connectivity index (χ0v) is 13.2. The van der Waals surface area contributed by atoms with Crippen LogP contribution in [0.15, 0.2) is 24.3 Å². The lowest BCUT2D eigenvalue weighted by Gasteiger charge is -2.20. The van der Waals surface area contributed by atoms with Crippen LogP contribution in [0.1, 0.15) is 33.3 Å². The molecule has 1 rings (SSSR count). The number of hydrogen-bond acceptors (Lipinski definition) is 4. The minimum Gasteiger partial charge on any atom is -0.481 e. The summed E-state index contributed by atoms with van der Waals surface area (Å²) in [6.45, 7) is 7.86. The van der Waals surface area contributed by atoms with E-state index in [1.165, 1.54) is 12.7 Å². The number of carbonyl (C=O) groups excluding carboxylic acids is 2. The average molecular weight is 293 g/mol. The second-order valence-electron chi connectivity index (χ2n) is 5.83. The number of methoxy groups -OCH3 is 1. The highest BCUT2D eigenvalue weighted by Gasteiger charge is 2.17. The Morgan fingerprint density at radius 1 is 1.19 bits per heavy atom. The first kappa shape index (κ1) is 17.0. The largest absolute Gasteiger partial charge is 0.481 e. The number of hydrogen-bond donors (Lipinski definition) is 1. The van der Waals surface area contributed by atoms with Crippen molar-refractivity contribution in [3.8, 4) is 5.75 Å². The van der Waals surface area contributed by atoms with Crippen molar-refractivity contribution < 1.29 is 19.1 Å². The first-order valence-corrected chi connectivity index (χ1v) is 6.85. The number of ether oxygens (including phenoxy) is 2. The number of amides is 1. The smallest absolute Gasteiger partial charge is 0.325 e. The maximum atomic E-state index is 11.8. The summed E-state index contributed by atoms with van der Waals surface area (Å²) in [4.78, 5) is 22.7. The van der Waals surface area contributed by atoms with Gasteiger partial charge in [0.2, 0.25) is 0 Å². The number of benzene rings is 1. The van der Waals surface area contributed by atoms with Crippen LogP contribution in [0.5, 0.6) is 5.75 Å². The van der Waals surface area contributed by atoms with Crippen molar-refractivity contribution in [1.82, 2.24) is 5.32 Å². The van der Waals surface area contributed by atoms with Crippen LogP contribution in [0.25, 0.3) is 0 Å². The summed E-state index contributed by atoms with van der Waals surface area (Å²) in [7, 11) is 1.27. The number of rotatable bonds is 5. The molecule has 0 spiro atoms. The minimum atomic E-state index is -0.685. The fourth-order valence-electron chi connectivity index (χ4n) is 1.67. The van der Waals surface area contributed by atoms with Crippen LogP contribution in [0.3, 0.4) is 0 Å². The van der Waals surface area contributed by atoms with Gasteiger partial charge in [-0.3, -0.25) is 9.59 Å². The van der Waals surface area contributed by atoms with Gasteiger partial charge in [-0.05, 0) is 30.0 Å². The Hall–Kier alpha value is -2.04. The Balaban J connectivity index is 2.56. The van der Waals surface area contributed by atoms with E-state index in [0.717, 1.165) is 0 Å². The zero-order valence-electron chi connectivity index (χ0n) is 13.2. The normalized spacial score (nSPS) is 12.4. The molecule has 1 N–H and O–H groups in total. The predicted octanol–water partition coefficient (Wildman–Crippen LogP) is 2.04. The lowest BCUT2D eigenvalue weighted by Crippen LogP contribution is -2.39. The van der Waals surface area contributed by atoms with Crippen molar-refractivity contribution in [3.05, 3.63) is 29.8 Å². The highest BCUT2D eigenvalue weighted by atomic mass is 16.5. The van der Waals surface area contributed by atoms with Gasteiger partial charge in [0.1, 0.15) is 12.3 Å². The van der Waals surface area contributed by atoms with Crippen LogP contribution in [0.4, 0.5) is 0 Å². The van der Waals surface area contributed by atoms with Crippen molar-refractivity contribution in [2.75, 3.05) is 13.7 Å². The van der Waals surface area contributed by atoms with Crippen LogP contribution in [-0.2, 0) is 19.7 Å². The second kappa shape index (κ2) is 7.11. The van der Waals surface area contributed by atoms with Crippen LogP contribution >= 0.6 is 0 Å². The SMILES string of the molecule is COC(=O)CNC(=O)[C@@H](C)Oc1ccc(C(C)(C)C)cc1. The molecule has 0 unspecified atom stereocenters. The first-order chi connectivity index (χ1) is 9.74. The first-order valence-electron chi connectivity index (χ1n) is 6.85. The van der Waals surface area contributed by atoms with Gasteiger partial charge in [0.15, 0.2) is 6.10 Å². The van der Waals surface area contributed by atoms with Crippen LogP contribution in [-0.4, -0.2) is 31.6 Å². The summed E-state index contributed by atoms with van der Waals surface area (Å²) in [6.07, 6.45) is -0.685. The molecule has 0 saturated carbocycles. The van der Waals surface area contributed by atoms with E-state index in [1.54, 1.807) is 6.92 Å². The van der Waals surface area contributed by atoms with E-state index < -0.39 is 12.1 Å². The molecule has 5 nitrogen and oxygen atoms in total. The van der Waals surface area contributed by atoms with Gasteiger partial charge in [0.25, 0.3) is 5.91 Å². The molecule has 0 saturated heterocycles. The number of esters is 1. The maximum absolute atomic E-state index is 11.8. The van der Waals surface area contributed by atoms with Gasteiger partial charge in [-0.15, -0.1) is 0 Å². The van der Waals surface area contributed by atoms with Gasteiger partial charge in [-0.2, -0.15) is 0 Å². The molecule has 5 heteroatoms. The molecule has 0 bridgehead atoms. The third-order valence-corrected chi connectivity index (χ3v) is 3.04. The zero-order chi connectivity index (χ0) is 16.0. The third kappa shape index (κ3) is 5.45. The molecule has 1 aromatic carbocycles. The molecule has 1 aromatic rings. The summed E-state index contributed by atoms with van der Waals surface area (Å²) in [5.74, 6) is -0.242. The number of carbonyl (C=O) groups is 2. The fourth-order valence-corrected chi connectivity index (χ4v) is 1.67. The molecule has 0 aromatic heterocycles. The molecule has 0 fully saturated rings. The Morgan fingerprint density at radius 2 is 1.76 bits per heavy atom. The van der Waals surface area contributed by atoms with E-state index in [-0.39, 0.29) is 17.9 Å². The van der Waals surface area contributed by atoms with Gasteiger partial charge < -0.3 is 14.8 Å². The maximum Gasteiger partial charge on any atom is 0.325 e. The molecule has 0 aliphatic carbocycles. The average Bonchev–Trinajstić information content (AvgIpc) is 2.43. The Morgan fingerprint density at radius 3 is 2.24 bits per heavy atom. The summed E-state index contributed by atoms with van der Waals surface area (Å²) < 4.78 is 9.99. The molecule has 21 heavy (non-hydrogen) atoms. The topological polar surface area (TPSA) is 64.6 Å². The highest BCUT2D eigenvalue weighted by molar-refractivity contribution is 5.84. The highest BCUT2D eigenvalue weighted by Crippen LogP contribution is 2.24. The van der Waals surface area contributed by atoms with Gasteiger partial charge in [0.05, 0.1) is 7.11 Å². The summed E-state index contributed by atoms with van der Waals surface area (Å²) in [5.41, 5.74) is 1.26. The predicted molar refractivity (Wildman–Crippen MR) is 80.3 cm³/mol. The van der Waals surface area contributed by atoms with Crippen molar-refractivity contribution in [1.29, 1.82) is 0 Å². The van der Waals surface area contributed by atoms with Crippen LogP contribution < -0.4 is 10.1 Å². The second-order valence-corrected chi connectivity index (χ2v) is 5.83. The Labute approximate surface area is 125 Å². The molecule has 1 atom stereocenters. The monoisotopic (exact) mass is 293 g/mol. The lowest BCUT2D eigenvalue weighted by atomic mass is 9.87. The third-order valence-electron chi connectivity index (χ3n) is 3.04. The van der Waals surface area contributed by atoms with Crippen molar-refractivity contribution in [3.63, 3.8) is 0 Å². The van der Waals surface area contributed by atoms with Crippen LogP contribution in [0.2, 0.25) is 0 Å². The lowest BCUT2D eigenvalue weighted by molar-refractivity contribution is -0.141. The summed E-state index contributed by atoms with van der Waals surface area (Å²) in [6, 6.07) is 7.64. The molecule has 1 amide bonds. The van der Waals surface area contributed by atoms with E-state index in [1.807, 2.05) is 24.3 Å². The van der Waals surface area contributed by atoms with Crippen LogP contribution in [0, 0.1) is 0 Å². The molecule has 0 radical (unpaired) electrons.